The standard InChI is InChI=1S/C14H19N3O/c1-14(2,3)13-15-11(12(18)16-17-13)9-10-7-5-4-6-8-10/h4-8,11H,9H2,1-3H3,(H,15,17)(H,16,18). The number of hydrogen-bond acceptors (Lipinski definition) is 3. The van der Waals surface area contributed by atoms with Crippen LogP contribution in [0.1, 0.15) is 26.3 Å². The number of benzene rings is 1. The topological polar surface area (TPSA) is 53.5 Å². The normalized spacial score (nSPS) is 19.8. The summed E-state index contributed by atoms with van der Waals surface area (Å²) in [6.45, 7) is 6.20. The maximum atomic E-state index is 11.8. The molecule has 2 rings (SSSR count). The lowest BCUT2D eigenvalue weighted by molar-refractivity contribution is -0.123. The number of nitrogens with one attached hydrogen (secondary N) is 2. The van der Waals surface area contributed by atoms with Gasteiger partial charge in [0.2, 0.25) is 0 Å². The number of carbonyl (C=O) groups is 1. The van der Waals surface area contributed by atoms with Crippen molar-refractivity contribution in [1.29, 1.82) is 0 Å². The molecule has 1 heterocycles. The van der Waals surface area contributed by atoms with E-state index in [-0.39, 0.29) is 17.4 Å². The first kappa shape index (κ1) is 12.6. The highest BCUT2D eigenvalue weighted by Crippen LogP contribution is 2.18. The van der Waals surface area contributed by atoms with Gasteiger partial charge in [-0.2, -0.15) is 0 Å². The predicted molar refractivity (Wildman–Crippen MR) is 72.1 cm³/mol. The van der Waals surface area contributed by atoms with E-state index in [1.165, 1.54) is 0 Å². The van der Waals surface area contributed by atoms with Crippen LogP contribution in [0, 0.1) is 5.41 Å². The third-order valence-corrected chi connectivity index (χ3v) is 2.87. The zero-order valence-electron chi connectivity index (χ0n) is 11.0. The van der Waals surface area contributed by atoms with Crippen molar-refractivity contribution >= 4 is 11.7 Å². The highest BCUT2D eigenvalue weighted by Gasteiger charge is 2.28. The highest BCUT2D eigenvalue weighted by atomic mass is 16.2. The van der Waals surface area contributed by atoms with Crippen molar-refractivity contribution in [2.45, 2.75) is 33.2 Å². The molecule has 1 amide bonds. The fourth-order valence-corrected chi connectivity index (χ4v) is 1.81. The van der Waals surface area contributed by atoms with Crippen LogP contribution in [-0.4, -0.2) is 17.8 Å². The van der Waals surface area contributed by atoms with Crippen LogP contribution in [-0.2, 0) is 11.2 Å². The van der Waals surface area contributed by atoms with E-state index < -0.39 is 0 Å². The van der Waals surface area contributed by atoms with Gasteiger partial charge in [-0.25, -0.2) is 0 Å². The van der Waals surface area contributed by atoms with Crippen LogP contribution >= 0.6 is 0 Å². The van der Waals surface area contributed by atoms with Gasteiger partial charge in [-0.3, -0.25) is 20.6 Å². The molecule has 0 saturated heterocycles. The molecule has 1 aliphatic heterocycles. The highest BCUT2D eigenvalue weighted by molar-refractivity contribution is 5.96. The van der Waals surface area contributed by atoms with Crippen molar-refractivity contribution in [2.24, 2.45) is 10.4 Å². The maximum absolute atomic E-state index is 11.8. The minimum atomic E-state index is -0.345. The average Bonchev–Trinajstić information content (AvgIpc) is 2.32. The molecule has 18 heavy (non-hydrogen) atoms. The molecule has 1 atom stereocenters. The Labute approximate surface area is 107 Å². The molecule has 1 aliphatic rings. The zero-order valence-corrected chi connectivity index (χ0v) is 11.0. The summed E-state index contributed by atoms with van der Waals surface area (Å²) in [7, 11) is 0. The van der Waals surface area contributed by atoms with E-state index in [0.717, 1.165) is 11.4 Å². The van der Waals surface area contributed by atoms with Crippen molar-refractivity contribution in [3.05, 3.63) is 35.9 Å². The molecule has 0 aliphatic carbocycles. The van der Waals surface area contributed by atoms with Crippen molar-refractivity contribution < 1.29 is 4.79 Å². The summed E-state index contributed by atoms with van der Waals surface area (Å²) in [6, 6.07) is 9.60. The van der Waals surface area contributed by atoms with Gasteiger partial charge in [-0.1, -0.05) is 51.1 Å². The van der Waals surface area contributed by atoms with Gasteiger partial charge in [-0.15, -0.1) is 0 Å². The molecule has 1 aromatic carbocycles. The fourth-order valence-electron chi connectivity index (χ4n) is 1.81. The van der Waals surface area contributed by atoms with Gasteiger partial charge in [0, 0.05) is 11.8 Å². The molecule has 4 nitrogen and oxygen atoms in total. The number of carbonyl (C=O) groups excluding carboxylic acids is 1. The second-order valence-electron chi connectivity index (χ2n) is 5.55. The first-order valence-electron chi connectivity index (χ1n) is 6.15. The van der Waals surface area contributed by atoms with Gasteiger partial charge in [-0.05, 0) is 5.56 Å². The van der Waals surface area contributed by atoms with E-state index >= 15 is 0 Å². The Morgan fingerprint density at radius 1 is 1.17 bits per heavy atom. The summed E-state index contributed by atoms with van der Waals surface area (Å²) in [5.74, 6) is 0.745. The molecule has 0 saturated carbocycles. The van der Waals surface area contributed by atoms with Crippen LogP contribution in [0.3, 0.4) is 0 Å². The maximum Gasteiger partial charge on any atom is 0.263 e. The van der Waals surface area contributed by atoms with E-state index in [1.807, 2.05) is 30.3 Å². The number of aliphatic imine (C=N–C) groups is 1. The molecule has 0 spiro atoms. The van der Waals surface area contributed by atoms with Crippen molar-refractivity contribution in [2.75, 3.05) is 0 Å². The summed E-state index contributed by atoms with van der Waals surface area (Å²) < 4.78 is 0. The lowest BCUT2D eigenvalue weighted by Crippen LogP contribution is -2.55. The Morgan fingerprint density at radius 3 is 2.44 bits per heavy atom. The molecule has 1 aromatic rings. The molecular formula is C14H19N3O. The van der Waals surface area contributed by atoms with Gasteiger partial charge in [0.15, 0.2) is 0 Å². The van der Waals surface area contributed by atoms with E-state index in [9.17, 15) is 4.79 Å². The van der Waals surface area contributed by atoms with E-state index in [2.05, 4.69) is 36.6 Å². The summed E-state index contributed by atoms with van der Waals surface area (Å²) in [5, 5.41) is 0. The van der Waals surface area contributed by atoms with Gasteiger partial charge < -0.3 is 0 Å². The molecular weight excluding hydrogens is 226 g/mol. The zero-order chi connectivity index (χ0) is 13.2. The van der Waals surface area contributed by atoms with E-state index in [4.69, 9.17) is 0 Å². The molecule has 0 bridgehead atoms. The molecule has 1 unspecified atom stereocenters. The monoisotopic (exact) mass is 245 g/mol. The van der Waals surface area contributed by atoms with Gasteiger partial charge in [0.1, 0.15) is 11.9 Å². The quantitative estimate of drug-likeness (QED) is 0.833. The third-order valence-electron chi connectivity index (χ3n) is 2.87. The minimum Gasteiger partial charge on any atom is -0.285 e. The van der Waals surface area contributed by atoms with Crippen LogP contribution in [0.5, 0.6) is 0 Å². The minimum absolute atomic E-state index is 0.0770. The lowest BCUT2D eigenvalue weighted by Gasteiger charge is -2.29. The smallest absolute Gasteiger partial charge is 0.263 e. The van der Waals surface area contributed by atoms with Crippen LogP contribution in [0.2, 0.25) is 0 Å². The predicted octanol–water partition coefficient (Wildman–Crippen LogP) is 1.68. The second kappa shape index (κ2) is 4.80. The van der Waals surface area contributed by atoms with Crippen LogP contribution in [0.4, 0.5) is 0 Å². The molecule has 96 valence electrons. The Kier molecular flexibility index (Phi) is 3.36. The SMILES string of the molecule is CC(C)(C)C1=NC(Cc2ccccc2)C(=O)NN1. The van der Waals surface area contributed by atoms with E-state index in [1.54, 1.807) is 0 Å². The third kappa shape index (κ3) is 2.88. The fraction of sp³-hybridized carbons (Fsp3) is 0.429. The Balaban J connectivity index is 2.18. The lowest BCUT2D eigenvalue weighted by atomic mass is 9.94. The van der Waals surface area contributed by atoms with Crippen molar-refractivity contribution in [3.63, 3.8) is 0 Å². The number of hydrazine groups is 1. The number of hydrogen-bond donors (Lipinski definition) is 2. The Morgan fingerprint density at radius 2 is 1.83 bits per heavy atom. The largest absolute Gasteiger partial charge is 0.285 e. The number of rotatable bonds is 2. The first-order chi connectivity index (χ1) is 8.47. The number of nitrogens with zero attached hydrogens (tertiary/aromatic N) is 1. The molecule has 0 fully saturated rings. The average molecular weight is 245 g/mol. The Hall–Kier alpha value is -1.84. The number of amidine groups is 1. The van der Waals surface area contributed by atoms with Gasteiger partial charge in [0.25, 0.3) is 5.91 Å². The first-order valence-corrected chi connectivity index (χ1v) is 6.15. The summed E-state index contributed by atoms with van der Waals surface area (Å²) in [4.78, 5) is 16.3. The van der Waals surface area contributed by atoms with Gasteiger partial charge in [0.05, 0.1) is 0 Å². The molecule has 4 heteroatoms. The van der Waals surface area contributed by atoms with Crippen molar-refractivity contribution in [1.82, 2.24) is 10.9 Å². The Bertz CT molecular complexity index is 460. The summed E-state index contributed by atoms with van der Waals surface area (Å²) in [5.41, 5.74) is 6.59. The van der Waals surface area contributed by atoms with Crippen LogP contribution in [0.15, 0.2) is 35.3 Å². The summed E-state index contributed by atoms with van der Waals surface area (Å²) >= 11 is 0. The van der Waals surface area contributed by atoms with Gasteiger partial charge >= 0.3 is 0 Å². The molecule has 0 radical (unpaired) electrons. The molecule has 2 N–H and O–H groups in total. The van der Waals surface area contributed by atoms with Crippen LogP contribution in [0.25, 0.3) is 0 Å². The van der Waals surface area contributed by atoms with Crippen LogP contribution < -0.4 is 10.9 Å². The second-order valence-corrected chi connectivity index (χ2v) is 5.55. The van der Waals surface area contributed by atoms with E-state index in [0.29, 0.717) is 6.42 Å². The van der Waals surface area contributed by atoms with Crippen molar-refractivity contribution in [3.8, 4) is 0 Å². The number of amides is 1. The summed E-state index contributed by atoms with van der Waals surface area (Å²) in [6.07, 6.45) is 0.633. The molecule has 0 aromatic heterocycles.